The molecule has 0 aromatic rings. The van der Waals surface area contributed by atoms with Crippen molar-refractivity contribution in [2.75, 3.05) is 26.3 Å². The van der Waals surface area contributed by atoms with Crippen LogP contribution in [0.25, 0.3) is 0 Å². The van der Waals surface area contributed by atoms with Gasteiger partial charge in [-0.05, 0) is 31.6 Å². The van der Waals surface area contributed by atoms with E-state index in [0.29, 0.717) is 25.9 Å². The van der Waals surface area contributed by atoms with Crippen LogP contribution in [0.2, 0.25) is 0 Å². The molecule has 0 bridgehead atoms. The van der Waals surface area contributed by atoms with Crippen LogP contribution in [0, 0.1) is 17.8 Å². The highest BCUT2D eigenvalue weighted by Crippen LogP contribution is 2.58. The van der Waals surface area contributed by atoms with Crippen molar-refractivity contribution in [3.8, 4) is 0 Å². The molecule has 1 unspecified atom stereocenters. The van der Waals surface area contributed by atoms with Gasteiger partial charge in [0.05, 0.1) is 25.2 Å². The Morgan fingerprint density at radius 2 is 1.89 bits per heavy atom. The van der Waals surface area contributed by atoms with Crippen LogP contribution in [-0.2, 0) is 23.9 Å². The standard InChI is InChI=1S/C27H40N2O6/c1-5-7-14-28-15-11-13-27-20(23(31)29(22(27)24(28)32)19(17-30)18(3)4)21-25(33)34-16-10-8-9-12-26(21,6-2)35-27/h9,11-13,18-22,30H,5-8,10,14-17H2,1-4H3/b12-9-/t19-,20-,21+,22?,26-,27-/m0/s1. The highest BCUT2D eigenvalue weighted by molar-refractivity contribution is 5.99. The van der Waals surface area contributed by atoms with Crippen LogP contribution in [-0.4, -0.2) is 82.3 Å². The third-order valence-corrected chi connectivity index (χ3v) is 8.25. The van der Waals surface area contributed by atoms with E-state index >= 15 is 0 Å². The van der Waals surface area contributed by atoms with E-state index in [1.807, 2.05) is 45.1 Å². The molecule has 4 heterocycles. The Labute approximate surface area is 208 Å². The quantitative estimate of drug-likeness (QED) is 0.437. The first-order chi connectivity index (χ1) is 16.8. The minimum atomic E-state index is -1.30. The average molecular weight is 489 g/mol. The molecule has 1 N–H and O–H groups in total. The Bertz CT molecular complexity index is 900. The van der Waals surface area contributed by atoms with Gasteiger partial charge in [-0.25, -0.2) is 0 Å². The molecular weight excluding hydrogens is 448 g/mol. The molecule has 2 saturated heterocycles. The van der Waals surface area contributed by atoms with E-state index in [2.05, 4.69) is 6.92 Å². The molecule has 4 aliphatic rings. The van der Waals surface area contributed by atoms with Crippen LogP contribution >= 0.6 is 0 Å². The van der Waals surface area contributed by atoms with Gasteiger partial charge in [-0.3, -0.25) is 14.4 Å². The lowest BCUT2D eigenvalue weighted by Crippen LogP contribution is -2.59. The molecule has 4 rings (SSSR count). The maximum Gasteiger partial charge on any atom is 0.313 e. The summed E-state index contributed by atoms with van der Waals surface area (Å²) < 4.78 is 12.5. The Kier molecular flexibility index (Phi) is 7.44. The highest BCUT2D eigenvalue weighted by atomic mass is 16.6. The molecule has 0 aliphatic carbocycles. The SMILES string of the molecule is CCCCN1CC=C[C@]23O[C@@]4(CC)/C=C\CCCOC(=O)[C@H]4[C@H]2C(=O)N([C@@H](CO)C(C)C)C3C1=O. The van der Waals surface area contributed by atoms with Gasteiger partial charge in [0.15, 0.2) is 0 Å². The summed E-state index contributed by atoms with van der Waals surface area (Å²) in [6.07, 6.45) is 11.4. The van der Waals surface area contributed by atoms with Gasteiger partial charge >= 0.3 is 5.97 Å². The predicted molar refractivity (Wildman–Crippen MR) is 130 cm³/mol. The second-order valence-electron chi connectivity index (χ2n) is 10.6. The monoisotopic (exact) mass is 488 g/mol. The van der Waals surface area contributed by atoms with Crippen LogP contribution in [0.4, 0.5) is 0 Å². The van der Waals surface area contributed by atoms with Crippen molar-refractivity contribution in [1.29, 1.82) is 0 Å². The minimum Gasteiger partial charge on any atom is -0.465 e. The lowest BCUT2D eigenvalue weighted by molar-refractivity contribution is -0.163. The van der Waals surface area contributed by atoms with Gasteiger partial charge < -0.3 is 24.4 Å². The van der Waals surface area contributed by atoms with E-state index in [0.717, 1.165) is 19.3 Å². The fourth-order valence-corrected chi connectivity index (χ4v) is 6.39. The number of allylic oxidation sites excluding steroid dienone is 1. The van der Waals surface area contributed by atoms with Gasteiger partial charge in [-0.2, -0.15) is 0 Å². The Morgan fingerprint density at radius 3 is 2.54 bits per heavy atom. The summed E-state index contributed by atoms with van der Waals surface area (Å²) in [5.74, 6) is -2.81. The number of likely N-dealkylation sites (tertiary alicyclic amines) is 1. The maximum atomic E-state index is 14.3. The van der Waals surface area contributed by atoms with Crippen molar-refractivity contribution >= 4 is 17.8 Å². The average Bonchev–Trinajstić information content (AvgIpc) is 3.21. The number of carbonyl (C=O) groups excluding carboxylic acids is 3. The van der Waals surface area contributed by atoms with E-state index in [1.54, 1.807) is 4.90 Å². The number of carbonyl (C=O) groups is 3. The number of amides is 2. The third kappa shape index (κ3) is 4.02. The molecular formula is C27H40N2O6. The number of aliphatic hydroxyl groups is 1. The molecule has 0 aromatic heterocycles. The summed E-state index contributed by atoms with van der Waals surface area (Å²) >= 11 is 0. The molecule has 4 aliphatic heterocycles. The predicted octanol–water partition coefficient (Wildman–Crippen LogP) is 2.46. The fourth-order valence-electron chi connectivity index (χ4n) is 6.39. The maximum absolute atomic E-state index is 14.3. The van der Waals surface area contributed by atoms with Crippen LogP contribution in [0.3, 0.4) is 0 Å². The number of hydrogen-bond donors (Lipinski definition) is 1. The molecule has 2 amide bonds. The van der Waals surface area contributed by atoms with Gasteiger partial charge in [0.2, 0.25) is 11.8 Å². The number of hydrogen-bond acceptors (Lipinski definition) is 6. The summed E-state index contributed by atoms with van der Waals surface area (Å²) in [6.45, 7) is 8.87. The van der Waals surface area contributed by atoms with Crippen LogP contribution in [0.1, 0.15) is 59.8 Å². The molecule has 35 heavy (non-hydrogen) atoms. The summed E-state index contributed by atoms with van der Waals surface area (Å²) in [4.78, 5) is 45.2. The van der Waals surface area contributed by atoms with Crippen molar-refractivity contribution in [3.05, 3.63) is 24.3 Å². The first kappa shape index (κ1) is 25.9. The largest absolute Gasteiger partial charge is 0.465 e. The lowest BCUT2D eigenvalue weighted by Gasteiger charge is -2.41. The third-order valence-electron chi connectivity index (χ3n) is 8.25. The van der Waals surface area contributed by atoms with Crippen LogP contribution in [0.15, 0.2) is 24.3 Å². The number of cyclic esters (lactones) is 1. The van der Waals surface area contributed by atoms with Crippen LogP contribution in [0.5, 0.6) is 0 Å². The number of ether oxygens (including phenoxy) is 2. The first-order valence-corrected chi connectivity index (χ1v) is 13.2. The number of esters is 1. The molecule has 1 spiro atoms. The van der Waals surface area contributed by atoms with Crippen molar-refractivity contribution in [3.63, 3.8) is 0 Å². The summed E-state index contributed by atoms with van der Waals surface area (Å²) in [5, 5.41) is 10.3. The Hall–Kier alpha value is -2.19. The minimum absolute atomic E-state index is 0.0905. The summed E-state index contributed by atoms with van der Waals surface area (Å²) in [5.41, 5.74) is -2.34. The second-order valence-corrected chi connectivity index (χ2v) is 10.6. The molecule has 0 aromatic carbocycles. The van der Waals surface area contributed by atoms with Gasteiger partial charge in [-0.1, -0.05) is 58.4 Å². The molecule has 0 radical (unpaired) electrons. The van der Waals surface area contributed by atoms with Crippen molar-refractivity contribution in [1.82, 2.24) is 9.80 Å². The van der Waals surface area contributed by atoms with Gasteiger partial charge in [-0.15, -0.1) is 0 Å². The molecule has 6 atom stereocenters. The molecule has 194 valence electrons. The Balaban J connectivity index is 1.90. The fraction of sp³-hybridized carbons (Fsp3) is 0.741. The van der Waals surface area contributed by atoms with E-state index in [1.165, 1.54) is 4.90 Å². The normalized spacial score (nSPS) is 36.6. The summed E-state index contributed by atoms with van der Waals surface area (Å²) in [6, 6.07) is -1.52. The van der Waals surface area contributed by atoms with Gasteiger partial charge in [0.1, 0.15) is 23.2 Å². The zero-order chi connectivity index (χ0) is 25.4. The zero-order valence-electron chi connectivity index (χ0n) is 21.4. The van der Waals surface area contributed by atoms with Crippen molar-refractivity contribution in [2.45, 2.75) is 83.1 Å². The number of fused-ring (bicyclic) bond motifs is 2. The Morgan fingerprint density at radius 1 is 1.11 bits per heavy atom. The van der Waals surface area contributed by atoms with Crippen molar-refractivity contribution in [2.24, 2.45) is 17.8 Å². The van der Waals surface area contributed by atoms with Gasteiger partial charge in [0.25, 0.3) is 0 Å². The number of rotatable bonds is 7. The zero-order valence-corrected chi connectivity index (χ0v) is 21.4. The van der Waals surface area contributed by atoms with E-state index in [9.17, 15) is 19.5 Å². The van der Waals surface area contributed by atoms with Crippen molar-refractivity contribution < 1.29 is 29.0 Å². The highest BCUT2D eigenvalue weighted by Gasteiger charge is 2.75. The molecule has 0 saturated carbocycles. The molecule has 8 heteroatoms. The topological polar surface area (TPSA) is 96.4 Å². The van der Waals surface area contributed by atoms with E-state index < -0.39 is 41.1 Å². The smallest absolute Gasteiger partial charge is 0.313 e. The summed E-state index contributed by atoms with van der Waals surface area (Å²) in [7, 11) is 0. The second kappa shape index (κ2) is 10.1. The van der Waals surface area contributed by atoms with Crippen LogP contribution < -0.4 is 0 Å². The molecule has 8 nitrogen and oxygen atoms in total. The number of nitrogens with zero attached hydrogens (tertiary/aromatic N) is 2. The van der Waals surface area contributed by atoms with E-state index in [-0.39, 0.29) is 30.9 Å². The van der Waals surface area contributed by atoms with E-state index in [4.69, 9.17) is 9.47 Å². The lowest BCUT2D eigenvalue weighted by atomic mass is 9.73. The van der Waals surface area contributed by atoms with Gasteiger partial charge in [0, 0.05) is 13.1 Å². The molecule has 2 fully saturated rings. The number of aliphatic hydroxyl groups excluding tert-OH is 1. The first-order valence-electron chi connectivity index (χ1n) is 13.2. The number of unbranched alkanes of at least 4 members (excludes halogenated alkanes) is 1.